The van der Waals surface area contributed by atoms with Gasteiger partial charge in [-0.05, 0) is 49.2 Å². The van der Waals surface area contributed by atoms with E-state index in [0.717, 1.165) is 29.0 Å². The second-order valence-electron chi connectivity index (χ2n) is 6.35. The molecule has 0 unspecified atom stereocenters. The lowest BCUT2D eigenvalue weighted by molar-refractivity contribution is -0.138. The van der Waals surface area contributed by atoms with Crippen LogP contribution in [0.5, 0.6) is 0 Å². The van der Waals surface area contributed by atoms with E-state index in [9.17, 15) is 18.0 Å². The first-order chi connectivity index (χ1) is 12.8. The monoisotopic (exact) mass is 373 g/mol. The fraction of sp³-hybridized carbons (Fsp3) is 0.190. The maximum Gasteiger partial charge on any atom is 0.416 e. The molecule has 1 N–H and O–H groups in total. The van der Waals surface area contributed by atoms with Gasteiger partial charge in [0, 0.05) is 11.4 Å². The van der Waals surface area contributed by atoms with E-state index in [2.05, 4.69) is 0 Å². The van der Waals surface area contributed by atoms with Crippen LogP contribution in [0.25, 0.3) is 16.9 Å². The zero-order valence-electron chi connectivity index (χ0n) is 14.6. The van der Waals surface area contributed by atoms with Gasteiger partial charge in [0.15, 0.2) is 0 Å². The van der Waals surface area contributed by atoms with Crippen LogP contribution in [0.2, 0.25) is 0 Å². The second kappa shape index (κ2) is 7.31. The number of aryl methyl sites for hydroxylation is 2. The van der Waals surface area contributed by atoms with Crippen LogP contribution >= 0.6 is 0 Å². The molecular formula is C21H18F3NO2. The SMILES string of the molecule is Cc1ccc(-c2ccc(CCC(=O)O)n2-c2cccc(C(F)(F)F)c2)cc1. The van der Waals surface area contributed by atoms with Crippen LogP contribution in [0.15, 0.2) is 60.7 Å². The Morgan fingerprint density at radius 1 is 1.04 bits per heavy atom. The van der Waals surface area contributed by atoms with Gasteiger partial charge in [0.1, 0.15) is 0 Å². The molecule has 2 aromatic carbocycles. The topological polar surface area (TPSA) is 42.2 Å². The Morgan fingerprint density at radius 2 is 1.74 bits per heavy atom. The molecule has 27 heavy (non-hydrogen) atoms. The van der Waals surface area contributed by atoms with Crippen molar-refractivity contribution in [2.75, 3.05) is 0 Å². The summed E-state index contributed by atoms with van der Waals surface area (Å²) < 4.78 is 41.1. The summed E-state index contributed by atoms with van der Waals surface area (Å²) in [6.07, 6.45) is -4.33. The lowest BCUT2D eigenvalue weighted by Gasteiger charge is -2.16. The number of carboxylic acids is 1. The molecule has 0 spiro atoms. The highest BCUT2D eigenvalue weighted by Crippen LogP contribution is 2.33. The fourth-order valence-electron chi connectivity index (χ4n) is 2.98. The van der Waals surface area contributed by atoms with E-state index >= 15 is 0 Å². The first kappa shape index (κ1) is 18.8. The minimum absolute atomic E-state index is 0.101. The first-order valence-corrected chi connectivity index (χ1v) is 8.43. The number of carbonyl (C=O) groups is 1. The fourth-order valence-corrected chi connectivity index (χ4v) is 2.98. The van der Waals surface area contributed by atoms with Crippen molar-refractivity contribution in [1.29, 1.82) is 0 Å². The van der Waals surface area contributed by atoms with E-state index in [1.54, 1.807) is 16.7 Å². The van der Waals surface area contributed by atoms with Gasteiger partial charge in [-0.2, -0.15) is 13.2 Å². The van der Waals surface area contributed by atoms with Crippen molar-refractivity contribution in [1.82, 2.24) is 4.57 Å². The quantitative estimate of drug-likeness (QED) is 0.643. The van der Waals surface area contributed by atoms with Crippen molar-refractivity contribution in [2.45, 2.75) is 25.9 Å². The van der Waals surface area contributed by atoms with Crippen molar-refractivity contribution in [3.8, 4) is 16.9 Å². The number of aliphatic carboxylic acids is 1. The molecule has 0 saturated carbocycles. The molecular weight excluding hydrogens is 355 g/mol. The number of nitrogens with zero attached hydrogens (tertiary/aromatic N) is 1. The van der Waals surface area contributed by atoms with Gasteiger partial charge in [-0.25, -0.2) is 0 Å². The molecule has 0 saturated heterocycles. The zero-order chi connectivity index (χ0) is 19.6. The van der Waals surface area contributed by atoms with Crippen LogP contribution in [-0.4, -0.2) is 15.6 Å². The van der Waals surface area contributed by atoms with Gasteiger partial charge in [-0.1, -0.05) is 35.9 Å². The molecule has 0 fully saturated rings. The van der Waals surface area contributed by atoms with Crippen molar-refractivity contribution in [2.24, 2.45) is 0 Å². The zero-order valence-corrected chi connectivity index (χ0v) is 14.6. The molecule has 1 aromatic heterocycles. The Hall–Kier alpha value is -3.02. The van der Waals surface area contributed by atoms with Crippen LogP contribution in [0.3, 0.4) is 0 Å². The molecule has 3 nitrogen and oxygen atoms in total. The number of rotatable bonds is 5. The molecule has 0 atom stereocenters. The number of carboxylic acid groups (broad SMARTS) is 1. The number of benzene rings is 2. The summed E-state index contributed by atoms with van der Waals surface area (Å²) in [5, 5.41) is 8.98. The number of alkyl halides is 3. The van der Waals surface area contributed by atoms with E-state index in [0.29, 0.717) is 11.4 Å². The summed E-state index contributed by atoms with van der Waals surface area (Å²) in [6.45, 7) is 1.95. The molecule has 1 heterocycles. The summed E-state index contributed by atoms with van der Waals surface area (Å²) in [4.78, 5) is 11.0. The predicted octanol–water partition coefficient (Wildman–Crippen LogP) is 5.49. The van der Waals surface area contributed by atoms with Crippen LogP contribution in [-0.2, 0) is 17.4 Å². The van der Waals surface area contributed by atoms with Crippen molar-refractivity contribution >= 4 is 5.97 Å². The third-order valence-electron chi connectivity index (χ3n) is 4.34. The summed E-state index contributed by atoms with van der Waals surface area (Å²) >= 11 is 0. The van der Waals surface area contributed by atoms with E-state index < -0.39 is 17.7 Å². The molecule has 0 bridgehead atoms. The van der Waals surface area contributed by atoms with Gasteiger partial charge < -0.3 is 9.67 Å². The number of hydrogen-bond donors (Lipinski definition) is 1. The molecule has 0 aliphatic heterocycles. The summed E-state index contributed by atoms with van der Waals surface area (Å²) in [6, 6.07) is 16.3. The first-order valence-electron chi connectivity index (χ1n) is 8.43. The number of aromatic nitrogens is 1. The maximum absolute atomic E-state index is 13.1. The second-order valence-corrected chi connectivity index (χ2v) is 6.35. The summed E-state index contributed by atoms with van der Waals surface area (Å²) in [7, 11) is 0. The molecule has 0 aliphatic carbocycles. The van der Waals surface area contributed by atoms with Crippen LogP contribution in [0.4, 0.5) is 13.2 Å². The van der Waals surface area contributed by atoms with Gasteiger partial charge in [-0.3, -0.25) is 4.79 Å². The maximum atomic E-state index is 13.1. The van der Waals surface area contributed by atoms with Gasteiger partial charge in [0.25, 0.3) is 0 Å². The van der Waals surface area contributed by atoms with Crippen molar-refractivity contribution in [3.63, 3.8) is 0 Å². The smallest absolute Gasteiger partial charge is 0.416 e. The minimum atomic E-state index is -4.45. The van der Waals surface area contributed by atoms with E-state index in [-0.39, 0.29) is 12.8 Å². The minimum Gasteiger partial charge on any atom is -0.481 e. The highest BCUT2D eigenvalue weighted by Gasteiger charge is 2.30. The van der Waals surface area contributed by atoms with Gasteiger partial charge in [0.05, 0.1) is 17.7 Å². The molecule has 140 valence electrons. The van der Waals surface area contributed by atoms with Crippen LogP contribution < -0.4 is 0 Å². The average molecular weight is 373 g/mol. The Kier molecular flexibility index (Phi) is 5.08. The van der Waals surface area contributed by atoms with Gasteiger partial charge in [0.2, 0.25) is 0 Å². The Labute approximate surface area is 154 Å². The lowest BCUT2D eigenvalue weighted by Crippen LogP contribution is -2.09. The molecule has 3 rings (SSSR count). The lowest BCUT2D eigenvalue weighted by atomic mass is 10.1. The van der Waals surface area contributed by atoms with Gasteiger partial charge >= 0.3 is 12.1 Å². The van der Waals surface area contributed by atoms with Gasteiger partial charge in [-0.15, -0.1) is 0 Å². The Bertz CT molecular complexity index is 956. The van der Waals surface area contributed by atoms with E-state index in [4.69, 9.17) is 5.11 Å². The Morgan fingerprint density at radius 3 is 2.37 bits per heavy atom. The molecule has 0 radical (unpaired) electrons. The third kappa shape index (κ3) is 4.22. The molecule has 3 aromatic rings. The average Bonchev–Trinajstić information content (AvgIpc) is 3.04. The van der Waals surface area contributed by atoms with Crippen molar-refractivity contribution < 1.29 is 23.1 Å². The molecule has 6 heteroatoms. The summed E-state index contributed by atoms with van der Waals surface area (Å²) in [5.41, 5.74) is 2.89. The van der Waals surface area contributed by atoms with E-state index in [1.165, 1.54) is 6.07 Å². The number of halogens is 3. The Balaban J connectivity index is 2.14. The highest BCUT2D eigenvalue weighted by molar-refractivity contribution is 5.68. The predicted molar refractivity (Wildman–Crippen MR) is 96.9 cm³/mol. The highest BCUT2D eigenvalue weighted by atomic mass is 19.4. The molecule has 0 amide bonds. The third-order valence-corrected chi connectivity index (χ3v) is 4.34. The standard InChI is InChI=1S/C21H18F3NO2/c1-14-5-7-15(8-6-14)19-11-9-17(10-12-20(26)27)25(19)18-4-2-3-16(13-18)21(22,23)24/h2-9,11,13H,10,12H2,1H3,(H,26,27). The van der Waals surface area contributed by atoms with Crippen molar-refractivity contribution in [3.05, 3.63) is 77.5 Å². The van der Waals surface area contributed by atoms with Crippen LogP contribution in [0, 0.1) is 6.92 Å². The largest absolute Gasteiger partial charge is 0.481 e. The summed E-state index contributed by atoms with van der Waals surface area (Å²) in [5.74, 6) is -0.955. The van der Waals surface area contributed by atoms with E-state index in [1.807, 2.05) is 37.3 Å². The molecule has 0 aliphatic rings. The van der Waals surface area contributed by atoms with Crippen LogP contribution in [0.1, 0.15) is 23.2 Å². The number of hydrogen-bond acceptors (Lipinski definition) is 1. The normalized spacial score (nSPS) is 11.6.